The third-order valence-electron chi connectivity index (χ3n) is 5.14. The third kappa shape index (κ3) is 5.56. The maximum atomic E-state index is 12.7. The van der Waals surface area contributed by atoms with Crippen molar-refractivity contribution in [2.75, 3.05) is 12.3 Å². The Morgan fingerprint density at radius 1 is 1.00 bits per heavy atom. The first-order valence-electron chi connectivity index (χ1n) is 10.2. The number of esters is 2. The van der Waals surface area contributed by atoms with Gasteiger partial charge in [-0.2, -0.15) is 4.98 Å². The van der Waals surface area contributed by atoms with Crippen molar-refractivity contribution < 1.29 is 23.8 Å². The molecule has 1 aromatic heterocycles. The molecule has 1 unspecified atom stereocenters. The van der Waals surface area contributed by atoms with Gasteiger partial charge in [0.15, 0.2) is 0 Å². The Labute approximate surface area is 204 Å². The van der Waals surface area contributed by atoms with Crippen LogP contribution in [-0.2, 0) is 14.2 Å². The van der Waals surface area contributed by atoms with Gasteiger partial charge in [-0.25, -0.2) is 14.4 Å². The van der Waals surface area contributed by atoms with Crippen LogP contribution in [0.4, 0.5) is 5.82 Å². The molecule has 0 amide bonds. The van der Waals surface area contributed by atoms with E-state index >= 15 is 0 Å². The molecule has 34 heavy (non-hydrogen) atoms. The van der Waals surface area contributed by atoms with Crippen molar-refractivity contribution in [1.82, 2.24) is 9.55 Å². The second kappa shape index (κ2) is 10.3. The van der Waals surface area contributed by atoms with Gasteiger partial charge in [-0.05, 0) is 54.6 Å². The number of halogens is 2. The van der Waals surface area contributed by atoms with Gasteiger partial charge in [-0.15, -0.1) is 0 Å². The number of nitrogen functional groups attached to an aromatic ring is 1. The lowest BCUT2D eigenvalue weighted by Crippen LogP contribution is -2.32. The smallest absolute Gasteiger partial charge is 0.351 e. The highest BCUT2D eigenvalue weighted by Gasteiger charge is 2.40. The molecule has 3 aromatic rings. The normalized spacial score (nSPS) is 19.5. The topological polar surface area (TPSA) is 123 Å². The van der Waals surface area contributed by atoms with Crippen molar-refractivity contribution in [3.8, 4) is 0 Å². The van der Waals surface area contributed by atoms with Gasteiger partial charge < -0.3 is 19.9 Å². The average Bonchev–Trinajstić information content (AvgIpc) is 3.20. The number of hydrogen-bond donors (Lipinski definition) is 1. The largest absolute Gasteiger partial charge is 0.459 e. The van der Waals surface area contributed by atoms with Gasteiger partial charge in [0.2, 0.25) is 0 Å². The Morgan fingerprint density at radius 2 is 1.59 bits per heavy atom. The van der Waals surface area contributed by atoms with Crippen LogP contribution < -0.4 is 11.4 Å². The van der Waals surface area contributed by atoms with Crippen molar-refractivity contribution in [3.63, 3.8) is 0 Å². The van der Waals surface area contributed by atoms with Gasteiger partial charge in [0.05, 0.1) is 11.1 Å². The molecule has 2 aromatic carbocycles. The van der Waals surface area contributed by atoms with Crippen molar-refractivity contribution in [2.24, 2.45) is 0 Å². The van der Waals surface area contributed by atoms with Crippen LogP contribution in [0.15, 0.2) is 65.6 Å². The molecule has 4 rings (SSSR count). The fourth-order valence-corrected chi connectivity index (χ4v) is 3.66. The maximum absolute atomic E-state index is 12.7. The van der Waals surface area contributed by atoms with Crippen molar-refractivity contribution >= 4 is 41.0 Å². The summed E-state index contributed by atoms with van der Waals surface area (Å²) in [5, 5.41) is 0.957. The standard InChI is InChI=1S/C23H19Cl2N3O6/c24-15-5-1-13(2-6-15)21(29)32-12-18-17(34-22(30)14-3-7-16(25)8-4-14)11-20(33-18)28-10-9-19(26)27-23(28)31/h1-10,17-18,20H,11-12H2,(H2,26,27,31)/t17-,18+,20?/m0/s1. The first-order valence-corrected chi connectivity index (χ1v) is 10.9. The zero-order chi connectivity index (χ0) is 24.2. The first kappa shape index (κ1) is 23.7. The Bertz CT molecular complexity index is 1250. The summed E-state index contributed by atoms with van der Waals surface area (Å²) in [7, 11) is 0. The van der Waals surface area contributed by atoms with E-state index in [0.29, 0.717) is 15.6 Å². The zero-order valence-corrected chi connectivity index (χ0v) is 19.1. The summed E-state index contributed by atoms with van der Waals surface area (Å²) in [6.07, 6.45) is -0.871. The second-order valence-corrected chi connectivity index (χ2v) is 8.34. The molecule has 3 atom stereocenters. The molecule has 0 spiro atoms. The summed E-state index contributed by atoms with van der Waals surface area (Å²) in [6.45, 7) is -0.215. The summed E-state index contributed by atoms with van der Waals surface area (Å²) in [6, 6.07) is 13.8. The first-order chi connectivity index (χ1) is 16.3. The van der Waals surface area contributed by atoms with E-state index < -0.39 is 36.1 Å². The Balaban J connectivity index is 1.50. The highest BCUT2D eigenvalue weighted by atomic mass is 35.5. The van der Waals surface area contributed by atoms with E-state index in [2.05, 4.69) is 4.98 Å². The van der Waals surface area contributed by atoms with Crippen molar-refractivity contribution in [2.45, 2.75) is 24.9 Å². The molecule has 1 aliphatic rings. The summed E-state index contributed by atoms with van der Waals surface area (Å²) in [5.74, 6) is -1.14. The molecular formula is C23H19Cl2N3O6. The average molecular weight is 504 g/mol. The number of anilines is 1. The van der Waals surface area contributed by atoms with Crippen LogP contribution in [0.2, 0.25) is 10.0 Å². The minimum Gasteiger partial charge on any atom is -0.459 e. The fraction of sp³-hybridized carbons (Fsp3) is 0.217. The Morgan fingerprint density at radius 3 is 2.18 bits per heavy atom. The second-order valence-electron chi connectivity index (χ2n) is 7.46. The minimum absolute atomic E-state index is 0.0680. The van der Waals surface area contributed by atoms with Crippen molar-refractivity contribution in [1.29, 1.82) is 0 Å². The summed E-state index contributed by atoms with van der Waals surface area (Å²) >= 11 is 11.7. The van der Waals surface area contributed by atoms with E-state index in [-0.39, 0.29) is 24.4 Å². The molecule has 2 heterocycles. The van der Waals surface area contributed by atoms with Crippen LogP contribution in [-0.4, -0.2) is 40.3 Å². The summed E-state index contributed by atoms with van der Waals surface area (Å²) in [4.78, 5) is 41.0. The lowest BCUT2D eigenvalue weighted by atomic mass is 10.1. The van der Waals surface area contributed by atoms with Crippen LogP contribution in [0.1, 0.15) is 33.4 Å². The summed E-state index contributed by atoms with van der Waals surface area (Å²) in [5.41, 5.74) is 5.53. The van der Waals surface area contributed by atoms with Crippen LogP contribution in [0.5, 0.6) is 0 Å². The van der Waals surface area contributed by atoms with Gasteiger partial charge in [-0.1, -0.05) is 23.2 Å². The number of hydrogen-bond acceptors (Lipinski definition) is 8. The predicted octanol–water partition coefficient (Wildman–Crippen LogP) is 3.50. The minimum atomic E-state index is -0.832. The monoisotopic (exact) mass is 503 g/mol. The van der Waals surface area contributed by atoms with Crippen molar-refractivity contribution in [3.05, 3.63) is 92.5 Å². The number of nitrogens with zero attached hydrogens (tertiary/aromatic N) is 2. The third-order valence-corrected chi connectivity index (χ3v) is 5.64. The fourth-order valence-electron chi connectivity index (χ4n) is 3.41. The molecule has 0 radical (unpaired) electrons. The van der Waals surface area contributed by atoms with E-state index in [1.54, 1.807) is 24.3 Å². The maximum Gasteiger partial charge on any atom is 0.351 e. The summed E-state index contributed by atoms with van der Waals surface area (Å²) < 4.78 is 18.2. The molecule has 0 aliphatic carbocycles. The number of carbonyl (C=O) groups is 2. The van der Waals surface area contributed by atoms with Gasteiger partial charge in [-0.3, -0.25) is 4.57 Å². The Kier molecular flexibility index (Phi) is 7.16. The number of carbonyl (C=O) groups excluding carboxylic acids is 2. The highest BCUT2D eigenvalue weighted by Crippen LogP contribution is 2.31. The lowest BCUT2D eigenvalue weighted by molar-refractivity contribution is -0.0582. The quantitative estimate of drug-likeness (QED) is 0.506. The van der Waals surface area contributed by atoms with Crippen LogP contribution in [0.25, 0.3) is 0 Å². The van der Waals surface area contributed by atoms with E-state index in [1.165, 1.54) is 41.1 Å². The van der Waals surface area contributed by atoms with Gasteiger partial charge in [0, 0.05) is 22.7 Å². The molecule has 1 aliphatic heterocycles. The number of rotatable bonds is 6. The van der Waals surface area contributed by atoms with Gasteiger partial charge >= 0.3 is 17.6 Å². The number of ether oxygens (including phenoxy) is 3. The molecule has 1 fully saturated rings. The number of benzene rings is 2. The van der Waals surface area contributed by atoms with E-state index in [0.717, 1.165) is 0 Å². The molecular weight excluding hydrogens is 485 g/mol. The van der Waals surface area contributed by atoms with E-state index in [1.807, 2.05) is 0 Å². The molecule has 9 nitrogen and oxygen atoms in total. The predicted molar refractivity (Wildman–Crippen MR) is 124 cm³/mol. The van der Waals surface area contributed by atoms with Gasteiger partial charge in [0.1, 0.15) is 30.9 Å². The molecule has 0 saturated carbocycles. The lowest BCUT2D eigenvalue weighted by Gasteiger charge is -2.19. The van der Waals surface area contributed by atoms with E-state index in [9.17, 15) is 14.4 Å². The van der Waals surface area contributed by atoms with Gasteiger partial charge in [0.25, 0.3) is 0 Å². The highest BCUT2D eigenvalue weighted by molar-refractivity contribution is 6.31. The number of nitrogens with two attached hydrogens (primary N) is 1. The SMILES string of the molecule is Nc1ccn(C2C[C@H](OC(=O)c3ccc(Cl)cc3)[C@@H](COC(=O)c3ccc(Cl)cc3)O2)c(=O)n1. The molecule has 11 heteroatoms. The Hall–Kier alpha value is -3.40. The molecule has 2 N–H and O–H groups in total. The van der Waals surface area contributed by atoms with Crippen LogP contribution in [0, 0.1) is 0 Å². The zero-order valence-electron chi connectivity index (χ0n) is 17.6. The molecule has 0 bridgehead atoms. The van der Waals surface area contributed by atoms with E-state index in [4.69, 9.17) is 43.1 Å². The van der Waals surface area contributed by atoms with Crippen LogP contribution >= 0.6 is 23.2 Å². The molecule has 176 valence electrons. The van der Waals surface area contributed by atoms with Crippen LogP contribution in [0.3, 0.4) is 0 Å². The molecule has 1 saturated heterocycles. The number of aromatic nitrogens is 2.